The molecule has 0 atom stereocenters. The molecule has 49 heavy (non-hydrogen) atoms. The largest absolute Gasteiger partial charge is 0.448 e. The number of rotatable bonds is 40. The Kier molecular flexibility index (Phi) is 41.6. The van der Waals surface area contributed by atoms with Crippen molar-refractivity contribution in [3.05, 3.63) is 24.3 Å². The number of carbonyl (C=O) groups excluding carboxylic acids is 1. The van der Waals surface area contributed by atoms with Crippen molar-refractivity contribution in [1.82, 2.24) is 10.6 Å². The predicted octanol–water partition coefficient (Wildman–Crippen LogP) is 12.4. The van der Waals surface area contributed by atoms with Crippen molar-refractivity contribution < 1.29 is 19.0 Å². The van der Waals surface area contributed by atoms with Gasteiger partial charge in [0.1, 0.15) is 6.61 Å². The van der Waals surface area contributed by atoms with Crippen LogP contribution in [0.4, 0.5) is 4.79 Å². The normalized spacial score (nSPS) is 12.4. The minimum atomic E-state index is -0.401. The summed E-state index contributed by atoms with van der Waals surface area (Å²) in [5.74, 6) is 0. The average molecular weight is 693 g/mol. The summed E-state index contributed by atoms with van der Waals surface area (Å²) in [6.07, 6.45) is 45.6. The SMILES string of the molecule is CCCCCCCCC=CCCCCCCCCOCC(COCCCCCCCCC=CCCCCCCCC)NC(=O)OCCNC. The summed E-state index contributed by atoms with van der Waals surface area (Å²) in [5.41, 5.74) is 0. The van der Waals surface area contributed by atoms with E-state index in [0.29, 0.717) is 26.4 Å². The van der Waals surface area contributed by atoms with Crippen molar-refractivity contribution in [3.8, 4) is 0 Å². The average Bonchev–Trinajstić information content (AvgIpc) is 3.10. The van der Waals surface area contributed by atoms with E-state index >= 15 is 0 Å². The lowest BCUT2D eigenvalue weighted by Crippen LogP contribution is -2.42. The van der Waals surface area contributed by atoms with E-state index in [9.17, 15) is 4.79 Å². The second-order valence-corrected chi connectivity index (χ2v) is 14.1. The molecule has 0 aliphatic heterocycles. The van der Waals surface area contributed by atoms with Gasteiger partial charge in [-0.05, 0) is 71.3 Å². The first-order valence-corrected chi connectivity index (χ1v) is 21.3. The van der Waals surface area contributed by atoms with Gasteiger partial charge in [0.15, 0.2) is 0 Å². The summed E-state index contributed by atoms with van der Waals surface area (Å²) in [7, 11) is 1.85. The minimum Gasteiger partial charge on any atom is -0.448 e. The van der Waals surface area contributed by atoms with Gasteiger partial charge in [-0.1, -0.05) is 154 Å². The number of alkyl carbamates (subject to hydrolysis) is 1. The lowest BCUT2D eigenvalue weighted by Gasteiger charge is -2.19. The molecule has 0 saturated heterocycles. The van der Waals surface area contributed by atoms with Gasteiger partial charge in [-0.25, -0.2) is 4.79 Å². The first-order valence-electron chi connectivity index (χ1n) is 21.3. The third-order valence-electron chi connectivity index (χ3n) is 9.15. The Hall–Kier alpha value is -1.37. The number of nitrogens with one attached hydrogen (secondary N) is 2. The van der Waals surface area contributed by atoms with Crippen LogP contribution in [0.15, 0.2) is 24.3 Å². The standard InChI is InChI=1S/C43H84N2O4/c1-4-6-8-10-12-14-16-18-20-22-24-26-28-30-32-34-37-47-40-42(45-43(46)49-39-36-44-3)41-48-38-35-33-31-29-27-25-23-21-19-17-15-13-11-9-7-5-2/h18-21,42,44H,4-17,22-41H2,1-3H3,(H,45,46). The Morgan fingerprint density at radius 3 is 1.20 bits per heavy atom. The summed E-state index contributed by atoms with van der Waals surface area (Å²) >= 11 is 0. The van der Waals surface area contributed by atoms with Crippen LogP contribution in [0.3, 0.4) is 0 Å². The van der Waals surface area contributed by atoms with Crippen LogP contribution >= 0.6 is 0 Å². The lowest BCUT2D eigenvalue weighted by molar-refractivity contribution is 0.0494. The van der Waals surface area contributed by atoms with Gasteiger partial charge in [-0.3, -0.25) is 0 Å². The van der Waals surface area contributed by atoms with Crippen LogP contribution < -0.4 is 10.6 Å². The van der Waals surface area contributed by atoms with E-state index in [0.717, 1.165) is 26.1 Å². The summed E-state index contributed by atoms with van der Waals surface area (Å²) in [4.78, 5) is 12.2. The van der Waals surface area contributed by atoms with Gasteiger partial charge in [0, 0.05) is 19.8 Å². The quantitative estimate of drug-likeness (QED) is 0.0494. The maximum absolute atomic E-state index is 12.2. The number of ether oxygens (including phenoxy) is 3. The Labute approximate surface area is 305 Å². The van der Waals surface area contributed by atoms with E-state index in [1.54, 1.807) is 0 Å². The number of carbonyl (C=O) groups is 1. The number of likely N-dealkylation sites (N-methyl/N-ethyl adjacent to an activating group) is 1. The number of allylic oxidation sites excluding steroid dienone is 4. The zero-order valence-corrected chi connectivity index (χ0v) is 33.1. The van der Waals surface area contributed by atoms with Crippen LogP contribution in [0.25, 0.3) is 0 Å². The Bertz CT molecular complexity index is 653. The molecule has 6 nitrogen and oxygen atoms in total. The van der Waals surface area contributed by atoms with Gasteiger partial charge in [-0.15, -0.1) is 0 Å². The maximum atomic E-state index is 12.2. The molecule has 290 valence electrons. The summed E-state index contributed by atoms with van der Waals surface area (Å²) < 4.78 is 17.2. The number of hydrogen-bond acceptors (Lipinski definition) is 5. The molecule has 6 heteroatoms. The molecule has 0 saturated carbocycles. The summed E-state index contributed by atoms with van der Waals surface area (Å²) in [6, 6.07) is -0.190. The number of hydrogen-bond donors (Lipinski definition) is 2. The highest BCUT2D eigenvalue weighted by Gasteiger charge is 2.14. The van der Waals surface area contributed by atoms with Crippen molar-refractivity contribution in [2.75, 3.05) is 46.6 Å². The first kappa shape index (κ1) is 47.6. The van der Waals surface area contributed by atoms with E-state index in [4.69, 9.17) is 14.2 Å². The van der Waals surface area contributed by atoms with Crippen molar-refractivity contribution >= 4 is 6.09 Å². The van der Waals surface area contributed by atoms with Crippen molar-refractivity contribution in [1.29, 1.82) is 0 Å². The molecule has 0 radical (unpaired) electrons. The lowest BCUT2D eigenvalue weighted by atomic mass is 10.1. The molecule has 0 bridgehead atoms. The van der Waals surface area contributed by atoms with Crippen molar-refractivity contribution in [2.24, 2.45) is 0 Å². The molecular formula is C43H84N2O4. The highest BCUT2D eigenvalue weighted by atomic mass is 16.6. The molecule has 0 heterocycles. The zero-order valence-electron chi connectivity index (χ0n) is 33.1. The van der Waals surface area contributed by atoms with E-state index in [-0.39, 0.29) is 6.04 Å². The third-order valence-corrected chi connectivity index (χ3v) is 9.15. The Morgan fingerprint density at radius 2 is 0.837 bits per heavy atom. The van der Waals surface area contributed by atoms with Gasteiger partial charge in [0.25, 0.3) is 0 Å². The summed E-state index contributed by atoms with van der Waals surface area (Å²) in [6.45, 7) is 7.91. The Morgan fingerprint density at radius 1 is 0.490 bits per heavy atom. The predicted molar refractivity (Wildman–Crippen MR) is 213 cm³/mol. The van der Waals surface area contributed by atoms with Gasteiger partial charge in [0.2, 0.25) is 0 Å². The van der Waals surface area contributed by atoms with E-state index in [1.165, 1.54) is 167 Å². The molecule has 0 unspecified atom stereocenters. The highest BCUT2D eigenvalue weighted by Crippen LogP contribution is 2.12. The van der Waals surface area contributed by atoms with Crippen LogP contribution in [-0.4, -0.2) is 58.8 Å². The van der Waals surface area contributed by atoms with Crippen LogP contribution in [0.1, 0.15) is 194 Å². The van der Waals surface area contributed by atoms with Gasteiger partial charge in [0.05, 0.1) is 19.3 Å². The summed E-state index contributed by atoms with van der Waals surface area (Å²) in [5, 5.41) is 5.93. The molecule has 0 fully saturated rings. The topological polar surface area (TPSA) is 68.8 Å². The van der Waals surface area contributed by atoms with Crippen LogP contribution in [0, 0.1) is 0 Å². The van der Waals surface area contributed by atoms with Crippen LogP contribution in [0.5, 0.6) is 0 Å². The molecule has 0 aromatic rings. The molecular weight excluding hydrogens is 608 g/mol. The van der Waals surface area contributed by atoms with Gasteiger partial charge < -0.3 is 24.8 Å². The zero-order chi connectivity index (χ0) is 35.6. The molecule has 1 amide bonds. The van der Waals surface area contributed by atoms with Crippen molar-refractivity contribution in [3.63, 3.8) is 0 Å². The van der Waals surface area contributed by atoms with E-state index in [1.807, 2.05) is 7.05 Å². The van der Waals surface area contributed by atoms with Crippen molar-refractivity contribution in [2.45, 2.75) is 200 Å². The van der Waals surface area contributed by atoms with Gasteiger partial charge in [-0.2, -0.15) is 0 Å². The number of amides is 1. The monoisotopic (exact) mass is 693 g/mol. The highest BCUT2D eigenvalue weighted by molar-refractivity contribution is 5.67. The molecule has 2 N–H and O–H groups in total. The fraction of sp³-hybridized carbons (Fsp3) is 0.884. The fourth-order valence-corrected chi connectivity index (χ4v) is 5.94. The molecule has 0 aromatic carbocycles. The molecule has 0 aliphatic rings. The second-order valence-electron chi connectivity index (χ2n) is 14.1. The first-order chi connectivity index (χ1) is 24.2. The van der Waals surface area contributed by atoms with E-state index in [2.05, 4.69) is 48.8 Å². The van der Waals surface area contributed by atoms with Crippen LogP contribution in [0.2, 0.25) is 0 Å². The maximum Gasteiger partial charge on any atom is 0.407 e. The molecule has 0 spiro atoms. The second kappa shape index (κ2) is 42.8. The molecule has 0 aromatic heterocycles. The molecule has 0 rings (SSSR count). The number of unbranched alkanes of at least 4 members (excludes halogenated alkanes) is 24. The fourth-order valence-electron chi connectivity index (χ4n) is 5.94. The smallest absolute Gasteiger partial charge is 0.407 e. The third kappa shape index (κ3) is 40.9. The van der Waals surface area contributed by atoms with Gasteiger partial charge >= 0.3 is 6.09 Å². The van der Waals surface area contributed by atoms with E-state index < -0.39 is 6.09 Å². The minimum absolute atomic E-state index is 0.190. The van der Waals surface area contributed by atoms with Crippen LogP contribution in [-0.2, 0) is 14.2 Å². The Balaban J connectivity index is 3.82. The molecule has 0 aliphatic carbocycles.